The van der Waals surface area contributed by atoms with E-state index in [0.29, 0.717) is 31.4 Å². The predicted octanol–water partition coefficient (Wildman–Crippen LogP) is 2.77. The lowest BCUT2D eigenvalue weighted by Crippen LogP contribution is -2.47. The minimum atomic E-state index is -1.62. The molecular weight excluding hydrogens is 421 g/mol. The number of thiazole rings is 1. The molecule has 4 rings (SSSR count). The van der Waals surface area contributed by atoms with Crippen molar-refractivity contribution in [1.29, 1.82) is 5.26 Å². The van der Waals surface area contributed by atoms with Crippen LogP contribution in [-0.2, 0) is 4.79 Å². The lowest BCUT2D eigenvalue weighted by Gasteiger charge is -2.34. The van der Waals surface area contributed by atoms with Gasteiger partial charge in [-0.2, -0.15) is 5.26 Å². The largest absolute Gasteiger partial charge is 0.487 e. The summed E-state index contributed by atoms with van der Waals surface area (Å²) >= 11 is 1.24. The first-order valence-electron chi connectivity index (χ1n) is 9.83. The van der Waals surface area contributed by atoms with E-state index in [9.17, 15) is 19.4 Å². The van der Waals surface area contributed by atoms with E-state index in [1.807, 2.05) is 24.3 Å². The molecule has 1 saturated heterocycles. The van der Waals surface area contributed by atoms with Crippen LogP contribution in [0.3, 0.4) is 0 Å². The Bertz CT molecular complexity index is 1100. The highest BCUT2D eigenvalue weighted by Gasteiger charge is 2.34. The average Bonchev–Trinajstić information content (AvgIpc) is 3.23. The maximum atomic E-state index is 14.0. The van der Waals surface area contributed by atoms with Crippen LogP contribution in [-0.4, -0.2) is 51.3 Å². The highest BCUT2D eigenvalue weighted by atomic mass is 32.1. The number of likely N-dealkylation sites (tertiary alicyclic amines) is 1. The number of aliphatic hydroxyl groups is 2. The molecule has 0 bridgehead atoms. The summed E-state index contributed by atoms with van der Waals surface area (Å²) in [4.78, 5) is 18.5. The van der Waals surface area contributed by atoms with E-state index in [0.717, 1.165) is 10.8 Å². The quantitative estimate of drug-likeness (QED) is 0.631. The van der Waals surface area contributed by atoms with Gasteiger partial charge >= 0.3 is 0 Å². The number of aromatic nitrogens is 1. The van der Waals surface area contributed by atoms with Gasteiger partial charge in [0.2, 0.25) is 0 Å². The van der Waals surface area contributed by atoms with Gasteiger partial charge in [-0.15, -0.1) is 11.3 Å². The summed E-state index contributed by atoms with van der Waals surface area (Å²) in [6, 6.07) is 13.2. The second kappa shape index (κ2) is 8.98. The number of para-hydroxylation sites is 1. The third-order valence-electron chi connectivity index (χ3n) is 5.22. The van der Waals surface area contributed by atoms with Crippen molar-refractivity contribution in [2.75, 3.05) is 13.1 Å². The number of rotatable bonds is 5. The molecule has 7 nitrogen and oxygen atoms in total. The van der Waals surface area contributed by atoms with E-state index in [1.54, 1.807) is 6.07 Å². The molecule has 2 aromatic carbocycles. The standard InChI is InChI=1S/C22H20FN3O4S/c23-15-11-13(12-24)5-6-17(15)30-14-7-9-26(10-8-14)22(29)20(28)19(27)21-25-16-3-1-2-4-18(16)31-21/h1-6,11,14,19-20,27-28H,7-10H2. The molecule has 0 spiro atoms. The first-order chi connectivity index (χ1) is 15.0. The maximum absolute atomic E-state index is 14.0. The second-order valence-electron chi connectivity index (χ2n) is 7.31. The summed E-state index contributed by atoms with van der Waals surface area (Å²) in [5.41, 5.74) is 0.917. The number of nitriles is 1. The van der Waals surface area contributed by atoms with Crippen LogP contribution < -0.4 is 4.74 Å². The summed E-state index contributed by atoms with van der Waals surface area (Å²) in [6.07, 6.45) is -2.41. The van der Waals surface area contributed by atoms with Crippen LogP contribution in [0.4, 0.5) is 4.39 Å². The average molecular weight is 441 g/mol. The van der Waals surface area contributed by atoms with E-state index < -0.39 is 23.9 Å². The maximum Gasteiger partial charge on any atom is 0.254 e. The molecule has 1 aliphatic rings. The number of fused-ring (bicyclic) bond motifs is 1. The highest BCUT2D eigenvalue weighted by molar-refractivity contribution is 7.18. The topological polar surface area (TPSA) is 107 Å². The van der Waals surface area contributed by atoms with Crippen molar-refractivity contribution in [3.05, 3.63) is 58.9 Å². The fourth-order valence-electron chi connectivity index (χ4n) is 3.51. The molecular formula is C22H20FN3O4S. The molecule has 2 unspecified atom stereocenters. The number of ether oxygens (including phenoxy) is 1. The van der Waals surface area contributed by atoms with Gasteiger partial charge in [0.15, 0.2) is 17.7 Å². The van der Waals surface area contributed by atoms with Gasteiger partial charge in [-0.25, -0.2) is 9.37 Å². The number of hydrogen-bond acceptors (Lipinski definition) is 7. The molecule has 1 fully saturated rings. The number of carbonyl (C=O) groups is 1. The van der Waals surface area contributed by atoms with Gasteiger partial charge in [0, 0.05) is 25.9 Å². The van der Waals surface area contributed by atoms with Crippen molar-refractivity contribution >= 4 is 27.5 Å². The Balaban J connectivity index is 1.34. The summed E-state index contributed by atoms with van der Waals surface area (Å²) in [6.45, 7) is 0.621. The molecule has 3 aromatic rings. The van der Waals surface area contributed by atoms with Gasteiger partial charge in [0.25, 0.3) is 5.91 Å². The number of amides is 1. The molecule has 1 aliphatic heterocycles. The number of nitrogens with zero attached hydrogens (tertiary/aromatic N) is 3. The van der Waals surface area contributed by atoms with Crippen LogP contribution in [0.25, 0.3) is 10.2 Å². The molecule has 0 saturated carbocycles. The van der Waals surface area contributed by atoms with Gasteiger partial charge in [0.05, 0.1) is 21.8 Å². The molecule has 0 radical (unpaired) electrons. The zero-order valence-corrected chi connectivity index (χ0v) is 17.3. The Morgan fingerprint density at radius 1 is 1.26 bits per heavy atom. The third-order valence-corrected chi connectivity index (χ3v) is 6.33. The minimum absolute atomic E-state index is 0.0649. The van der Waals surface area contributed by atoms with Crippen molar-refractivity contribution in [3.63, 3.8) is 0 Å². The Morgan fingerprint density at radius 3 is 2.68 bits per heavy atom. The molecule has 31 heavy (non-hydrogen) atoms. The summed E-state index contributed by atoms with van der Waals surface area (Å²) in [7, 11) is 0. The van der Waals surface area contributed by atoms with E-state index in [1.165, 1.54) is 28.4 Å². The number of carbonyl (C=O) groups excluding carboxylic acids is 1. The van der Waals surface area contributed by atoms with Crippen LogP contribution in [0.5, 0.6) is 5.75 Å². The number of piperidine rings is 1. The summed E-state index contributed by atoms with van der Waals surface area (Å²) in [5.74, 6) is -1.11. The lowest BCUT2D eigenvalue weighted by atomic mass is 10.1. The highest BCUT2D eigenvalue weighted by Crippen LogP contribution is 2.29. The van der Waals surface area contributed by atoms with E-state index >= 15 is 0 Å². The van der Waals surface area contributed by atoms with Crippen LogP contribution in [0.1, 0.15) is 29.5 Å². The minimum Gasteiger partial charge on any atom is -0.487 e. The second-order valence-corrected chi connectivity index (χ2v) is 8.37. The van der Waals surface area contributed by atoms with Gasteiger partial charge < -0.3 is 19.8 Å². The summed E-state index contributed by atoms with van der Waals surface area (Å²) in [5, 5.41) is 30.0. The molecule has 1 aromatic heterocycles. The van der Waals surface area contributed by atoms with Gasteiger partial charge in [-0.05, 0) is 30.3 Å². The Kier molecular flexibility index (Phi) is 6.13. The molecule has 2 N–H and O–H groups in total. The Hall–Kier alpha value is -3.06. The van der Waals surface area contributed by atoms with Crippen molar-refractivity contribution in [3.8, 4) is 11.8 Å². The fraction of sp³-hybridized carbons (Fsp3) is 0.318. The van der Waals surface area contributed by atoms with Crippen LogP contribution in [0.15, 0.2) is 42.5 Å². The SMILES string of the molecule is N#Cc1ccc(OC2CCN(C(=O)C(O)C(O)c3nc4ccccc4s3)CC2)c(F)c1. The third kappa shape index (κ3) is 4.51. The lowest BCUT2D eigenvalue weighted by molar-refractivity contribution is -0.148. The van der Waals surface area contributed by atoms with E-state index in [2.05, 4.69) is 4.98 Å². The van der Waals surface area contributed by atoms with Crippen LogP contribution in [0, 0.1) is 17.1 Å². The Labute approximate surface area is 181 Å². The smallest absolute Gasteiger partial charge is 0.254 e. The predicted molar refractivity (Wildman–Crippen MR) is 112 cm³/mol. The zero-order valence-electron chi connectivity index (χ0n) is 16.4. The van der Waals surface area contributed by atoms with Gasteiger partial charge in [-0.3, -0.25) is 4.79 Å². The zero-order chi connectivity index (χ0) is 22.0. The van der Waals surface area contributed by atoms with Crippen molar-refractivity contribution in [2.24, 2.45) is 0 Å². The Morgan fingerprint density at radius 2 is 2.00 bits per heavy atom. The molecule has 2 atom stereocenters. The number of benzene rings is 2. The van der Waals surface area contributed by atoms with Crippen LogP contribution in [0.2, 0.25) is 0 Å². The van der Waals surface area contributed by atoms with Gasteiger partial charge in [0.1, 0.15) is 17.2 Å². The van der Waals surface area contributed by atoms with E-state index in [4.69, 9.17) is 10.00 Å². The number of hydrogen-bond donors (Lipinski definition) is 2. The van der Waals surface area contributed by atoms with Crippen LogP contribution >= 0.6 is 11.3 Å². The van der Waals surface area contributed by atoms with Gasteiger partial charge in [-0.1, -0.05) is 12.1 Å². The number of halogens is 1. The summed E-state index contributed by atoms with van der Waals surface area (Å²) < 4.78 is 20.6. The first kappa shape index (κ1) is 21.2. The molecule has 1 amide bonds. The first-order valence-corrected chi connectivity index (χ1v) is 10.6. The number of aliphatic hydroxyl groups excluding tert-OH is 2. The molecule has 2 heterocycles. The molecule has 9 heteroatoms. The van der Waals surface area contributed by atoms with Crippen molar-refractivity contribution < 1.29 is 24.1 Å². The van der Waals surface area contributed by atoms with E-state index in [-0.39, 0.29) is 22.4 Å². The monoisotopic (exact) mass is 441 g/mol. The fourth-order valence-corrected chi connectivity index (χ4v) is 4.50. The molecule has 0 aliphatic carbocycles. The normalized spacial score (nSPS) is 16.6. The van der Waals surface area contributed by atoms with Crippen molar-refractivity contribution in [2.45, 2.75) is 31.2 Å². The van der Waals surface area contributed by atoms with Crippen molar-refractivity contribution in [1.82, 2.24) is 9.88 Å². The molecule has 160 valence electrons.